The number of benzene rings is 2. The quantitative estimate of drug-likeness (QED) is 0.264. The third-order valence-corrected chi connectivity index (χ3v) is 7.94. The number of hydrogen-bond acceptors (Lipinski definition) is 0. The normalized spacial score (nSPS) is 14.6. The van der Waals surface area contributed by atoms with E-state index in [1.807, 2.05) is 27.7 Å². The molecule has 0 aliphatic heterocycles. The van der Waals surface area contributed by atoms with Gasteiger partial charge in [0.2, 0.25) is 0 Å². The molecule has 1 unspecified atom stereocenters. The number of fused-ring (bicyclic) bond motifs is 2. The van der Waals surface area contributed by atoms with E-state index in [-0.39, 0.29) is 76.1 Å². The third-order valence-electron chi connectivity index (χ3n) is 7.94. The Balaban J connectivity index is -0.00000154. The first-order chi connectivity index (χ1) is 17.5. The molecule has 0 nitrogen and oxygen atoms in total. The summed E-state index contributed by atoms with van der Waals surface area (Å²) in [5.74, 6) is 1.36. The molecule has 0 aromatic heterocycles. The van der Waals surface area contributed by atoms with Gasteiger partial charge in [-0.05, 0) is 82.9 Å². The van der Waals surface area contributed by atoms with Gasteiger partial charge in [0.1, 0.15) is 0 Å². The first-order valence-corrected chi connectivity index (χ1v) is 14.3. The van der Waals surface area contributed by atoms with Crippen molar-refractivity contribution < 1.29 is 53.8 Å². The maximum Gasteiger partial charge on any atom is 3.00 e. The monoisotopic (exact) mass is 798 g/mol. The molecule has 2 heteroatoms. The Morgan fingerprint density at radius 1 is 0.634 bits per heavy atom. The van der Waals surface area contributed by atoms with Crippen LogP contribution in [0.25, 0.3) is 11.1 Å². The van der Waals surface area contributed by atoms with Gasteiger partial charge in [-0.3, -0.25) is 0 Å². The number of aryl methyl sites for hydroxylation is 2. The molecule has 5 rings (SSSR count). The van der Waals surface area contributed by atoms with Crippen LogP contribution in [-0.2, 0) is 73.0 Å². The van der Waals surface area contributed by atoms with Gasteiger partial charge in [-0.25, -0.2) is 18.1 Å². The molecule has 1 atom stereocenters. The molecule has 2 aromatic carbocycles. The van der Waals surface area contributed by atoms with E-state index in [0.717, 1.165) is 32.1 Å². The van der Waals surface area contributed by atoms with Crippen LogP contribution in [0.4, 0.5) is 0 Å². The van der Waals surface area contributed by atoms with Gasteiger partial charge in [0.05, 0.1) is 0 Å². The van der Waals surface area contributed by atoms with E-state index in [4.69, 9.17) is 0 Å². The van der Waals surface area contributed by atoms with Crippen LogP contribution in [0.15, 0.2) is 71.8 Å². The second kappa shape index (κ2) is 21.7. The summed E-state index contributed by atoms with van der Waals surface area (Å²) < 4.78 is 0. The Morgan fingerprint density at radius 3 is 1.54 bits per heavy atom. The molecule has 0 amide bonds. The van der Waals surface area contributed by atoms with Crippen molar-refractivity contribution in [3.63, 3.8) is 0 Å². The number of hydrogen-bond donors (Lipinski definition) is 0. The SMILES string of the molecule is C.CC.CC.C[CH-]C1=CC=C(c2ccc3c(c2)CCc2cc(C4=CC=C(C(C)C(C)C)C4)ccc2C3)C1.[CH3-].[CH3-].[W].[Y+3]. The van der Waals surface area contributed by atoms with E-state index in [1.54, 1.807) is 5.57 Å². The van der Waals surface area contributed by atoms with Gasteiger partial charge in [-0.2, -0.15) is 0 Å². The molecule has 0 saturated carbocycles. The topological polar surface area (TPSA) is 0 Å². The van der Waals surface area contributed by atoms with Gasteiger partial charge in [-0.1, -0.05) is 116 Å². The molecule has 0 heterocycles. The smallest absolute Gasteiger partial charge is 0.358 e. The van der Waals surface area contributed by atoms with Crippen LogP contribution >= 0.6 is 0 Å². The van der Waals surface area contributed by atoms with Crippen LogP contribution in [0.2, 0.25) is 0 Å². The summed E-state index contributed by atoms with van der Waals surface area (Å²) in [6.45, 7) is 17.2. The summed E-state index contributed by atoms with van der Waals surface area (Å²) in [4.78, 5) is 0. The minimum atomic E-state index is 0. The van der Waals surface area contributed by atoms with E-state index >= 15 is 0 Å². The van der Waals surface area contributed by atoms with E-state index in [0.29, 0.717) is 11.8 Å². The molecule has 0 N–H and O–H groups in total. The largest absolute Gasteiger partial charge is 3.00 e. The van der Waals surface area contributed by atoms with Crippen molar-refractivity contribution in [3.8, 4) is 0 Å². The summed E-state index contributed by atoms with van der Waals surface area (Å²) in [5.41, 5.74) is 14.9. The molecule has 3 aliphatic rings. The maximum absolute atomic E-state index is 2.48. The van der Waals surface area contributed by atoms with Crippen molar-refractivity contribution >= 4 is 11.1 Å². The molecular formula is C39H57WY. The minimum absolute atomic E-state index is 0. The first-order valence-electron chi connectivity index (χ1n) is 14.3. The van der Waals surface area contributed by atoms with Gasteiger partial charge in [0.15, 0.2) is 0 Å². The van der Waals surface area contributed by atoms with Gasteiger partial charge in [-0.15, -0.1) is 13.0 Å². The van der Waals surface area contributed by atoms with Crippen molar-refractivity contribution in [1.82, 2.24) is 0 Å². The molecule has 0 radical (unpaired) electrons. The fourth-order valence-corrected chi connectivity index (χ4v) is 5.36. The van der Waals surface area contributed by atoms with Crippen LogP contribution in [0.5, 0.6) is 0 Å². The summed E-state index contributed by atoms with van der Waals surface area (Å²) in [5, 5.41) is 0. The van der Waals surface area contributed by atoms with Crippen molar-refractivity contribution in [2.75, 3.05) is 0 Å². The van der Waals surface area contributed by atoms with Crippen molar-refractivity contribution in [2.24, 2.45) is 11.8 Å². The van der Waals surface area contributed by atoms with E-state index in [1.165, 1.54) is 50.1 Å². The van der Waals surface area contributed by atoms with Gasteiger partial charge in [0, 0.05) is 21.1 Å². The first kappa shape index (κ1) is 44.5. The molecular weight excluding hydrogens is 741 g/mol. The summed E-state index contributed by atoms with van der Waals surface area (Å²) in [6.07, 6.45) is 17.0. The Hall–Kier alpha value is -0.938. The van der Waals surface area contributed by atoms with Gasteiger partial charge >= 0.3 is 32.7 Å². The van der Waals surface area contributed by atoms with E-state index < -0.39 is 0 Å². The van der Waals surface area contributed by atoms with Gasteiger partial charge < -0.3 is 14.9 Å². The molecule has 0 spiro atoms. The zero-order valence-corrected chi connectivity index (χ0v) is 32.8. The summed E-state index contributed by atoms with van der Waals surface area (Å²) in [7, 11) is 0. The van der Waals surface area contributed by atoms with Crippen LogP contribution in [0, 0.1) is 33.1 Å². The predicted molar refractivity (Wildman–Crippen MR) is 181 cm³/mol. The van der Waals surface area contributed by atoms with E-state index in [9.17, 15) is 0 Å². The molecule has 2 aromatic rings. The molecule has 0 saturated heterocycles. The third kappa shape index (κ3) is 10.9. The molecule has 222 valence electrons. The average molecular weight is 799 g/mol. The number of rotatable bonds is 5. The zero-order chi connectivity index (χ0) is 26.2. The van der Waals surface area contributed by atoms with Crippen molar-refractivity contribution in [3.05, 3.63) is 127 Å². The van der Waals surface area contributed by atoms with Crippen LogP contribution in [0.3, 0.4) is 0 Å². The zero-order valence-electron chi connectivity index (χ0n) is 27.0. The van der Waals surface area contributed by atoms with Crippen LogP contribution in [-0.4, -0.2) is 0 Å². The Labute approximate surface area is 295 Å². The Kier molecular flexibility index (Phi) is 23.6. The van der Waals surface area contributed by atoms with Crippen LogP contribution < -0.4 is 0 Å². The van der Waals surface area contributed by atoms with Crippen molar-refractivity contribution in [2.45, 2.75) is 94.9 Å². The molecule has 0 fully saturated rings. The average Bonchev–Trinajstić information content (AvgIpc) is 3.57. The van der Waals surface area contributed by atoms with Crippen molar-refractivity contribution in [1.29, 1.82) is 0 Å². The van der Waals surface area contributed by atoms with Crippen LogP contribution in [0.1, 0.15) is 109 Å². The number of allylic oxidation sites excluding steroid dienone is 8. The maximum atomic E-state index is 2.48. The molecule has 0 bridgehead atoms. The second-order valence-corrected chi connectivity index (χ2v) is 10.2. The van der Waals surface area contributed by atoms with Gasteiger partial charge in [0.25, 0.3) is 0 Å². The second-order valence-electron chi connectivity index (χ2n) is 10.2. The summed E-state index contributed by atoms with van der Waals surface area (Å²) >= 11 is 0. The van der Waals surface area contributed by atoms with E-state index in [2.05, 4.69) is 94.8 Å². The fourth-order valence-electron chi connectivity index (χ4n) is 5.36. The standard InChI is InChI=1S/C32H35.2C2H6.CH4.2CH3.W.Y/c1-5-23-6-7-25(16-23)27-10-11-30-20-32-13-12-28(19-31(32)15-14-29(30)18-27)26-9-8-24(17-26)22(4)21(2)3;2*1-2;;;;;/h5-13,18-19,21-22H,14-17,20H2,1-4H3;2*1-2H3;1H4;2*1H3;;/q-1;;;;2*-1;;+3. The molecule has 41 heavy (non-hydrogen) atoms. The Morgan fingerprint density at radius 2 is 1.10 bits per heavy atom. The Bertz CT molecular complexity index is 1180. The summed E-state index contributed by atoms with van der Waals surface area (Å²) in [6, 6.07) is 14.4. The molecule has 3 aliphatic carbocycles. The minimum Gasteiger partial charge on any atom is -0.358 e. The fraction of sp³-hybridized carbons (Fsp3) is 0.410. The predicted octanol–water partition coefficient (Wildman–Crippen LogP) is 11.9.